The Bertz CT molecular complexity index is 804. The first-order chi connectivity index (χ1) is 12.2. The molecular formula is C17H13F5N2O2. The highest BCUT2D eigenvalue weighted by Crippen LogP contribution is 2.29. The topological polar surface area (TPSA) is 58.2 Å². The SMILES string of the molecule is O=C(NCCc1ccc(C(F)(F)F)cc1)C(=O)Nc1cccc(F)c1F. The van der Waals surface area contributed by atoms with Gasteiger partial charge in [0.1, 0.15) is 0 Å². The first kappa shape index (κ1) is 19.4. The average molecular weight is 372 g/mol. The Kier molecular flexibility index (Phi) is 5.91. The van der Waals surface area contributed by atoms with E-state index in [4.69, 9.17) is 0 Å². The summed E-state index contributed by atoms with van der Waals surface area (Å²) in [7, 11) is 0. The molecule has 0 saturated carbocycles. The minimum absolute atomic E-state index is 0.0246. The molecule has 0 unspecified atom stereocenters. The smallest absolute Gasteiger partial charge is 0.347 e. The lowest BCUT2D eigenvalue weighted by molar-refractivity contribution is -0.137. The molecule has 0 aromatic heterocycles. The van der Waals surface area contributed by atoms with Gasteiger partial charge in [0, 0.05) is 6.54 Å². The molecule has 0 atom stereocenters. The molecule has 4 nitrogen and oxygen atoms in total. The van der Waals surface area contributed by atoms with Crippen LogP contribution in [0.3, 0.4) is 0 Å². The predicted molar refractivity (Wildman–Crippen MR) is 83.1 cm³/mol. The Morgan fingerprint density at radius 1 is 0.923 bits per heavy atom. The number of hydrogen-bond acceptors (Lipinski definition) is 2. The van der Waals surface area contributed by atoms with Crippen molar-refractivity contribution in [1.29, 1.82) is 0 Å². The molecule has 2 aromatic rings. The standard InChI is InChI=1S/C17H13F5N2O2/c18-12-2-1-3-13(14(12)19)24-16(26)15(25)23-9-8-10-4-6-11(7-5-10)17(20,21)22/h1-7H,8-9H2,(H,23,25)(H,24,26). The molecule has 0 aliphatic heterocycles. The highest BCUT2D eigenvalue weighted by atomic mass is 19.4. The molecule has 0 saturated heterocycles. The highest BCUT2D eigenvalue weighted by Gasteiger charge is 2.29. The monoisotopic (exact) mass is 372 g/mol. The molecule has 0 radical (unpaired) electrons. The van der Waals surface area contributed by atoms with Crippen molar-refractivity contribution in [3.8, 4) is 0 Å². The normalized spacial score (nSPS) is 11.1. The molecule has 26 heavy (non-hydrogen) atoms. The minimum atomic E-state index is -4.43. The average Bonchev–Trinajstić information content (AvgIpc) is 2.58. The van der Waals surface area contributed by atoms with Crippen LogP contribution in [0.4, 0.5) is 27.6 Å². The summed E-state index contributed by atoms with van der Waals surface area (Å²) < 4.78 is 63.8. The summed E-state index contributed by atoms with van der Waals surface area (Å²) in [5.74, 6) is -4.74. The molecule has 0 aliphatic rings. The maximum absolute atomic E-state index is 13.4. The second-order valence-electron chi connectivity index (χ2n) is 5.26. The van der Waals surface area contributed by atoms with Crippen molar-refractivity contribution < 1.29 is 31.5 Å². The Morgan fingerprint density at radius 3 is 2.19 bits per heavy atom. The lowest BCUT2D eigenvalue weighted by atomic mass is 10.1. The van der Waals surface area contributed by atoms with E-state index in [0.29, 0.717) is 5.56 Å². The van der Waals surface area contributed by atoms with E-state index in [1.807, 2.05) is 5.32 Å². The van der Waals surface area contributed by atoms with E-state index in [1.165, 1.54) is 12.1 Å². The maximum Gasteiger partial charge on any atom is 0.416 e. The van der Waals surface area contributed by atoms with E-state index in [0.717, 1.165) is 30.3 Å². The highest BCUT2D eigenvalue weighted by molar-refractivity contribution is 6.39. The molecule has 9 heteroatoms. The van der Waals surface area contributed by atoms with Gasteiger partial charge in [-0.2, -0.15) is 13.2 Å². The van der Waals surface area contributed by atoms with E-state index in [9.17, 15) is 31.5 Å². The number of anilines is 1. The van der Waals surface area contributed by atoms with Crippen molar-refractivity contribution in [2.24, 2.45) is 0 Å². The van der Waals surface area contributed by atoms with E-state index in [2.05, 4.69) is 5.32 Å². The van der Waals surface area contributed by atoms with Gasteiger partial charge in [0.25, 0.3) is 0 Å². The molecule has 138 valence electrons. The second-order valence-corrected chi connectivity index (χ2v) is 5.26. The fourth-order valence-corrected chi connectivity index (χ4v) is 2.04. The van der Waals surface area contributed by atoms with Crippen LogP contribution in [-0.4, -0.2) is 18.4 Å². The van der Waals surface area contributed by atoms with Crippen LogP contribution in [-0.2, 0) is 22.2 Å². The van der Waals surface area contributed by atoms with Crippen molar-refractivity contribution in [3.05, 3.63) is 65.2 Å². The zero-order chi connectivity index (χ0) is 19.3. The fraction of sp³-hybridized carbons (Fsp3) is 0.176. The lowest BCUT2D eigenvalue weighted by Crippen LogP contribution is -2.36. The Labute approximate surface area is 145 Å². The van der Waals surface area contributed by atoms with Gasteiger partial charge in [-0.3, -0.25) is 9.59 Å². The van der Waals surface area contributed by atoms with Crippen LogP contribution in [0.1, 0.15) is 11.1 Å². The van der Waals surface area contributed by atoms with Gasteiger partial charge in [-0.1, -0.05) is 18.2 Å². The Hall–Kier alpha value is -2.97. The molecular weight excluding hydrogens is 359 g/mol. The van der Waals surface area contributed by atoms with E-state index in [-0.39, 0.29) is 13.0 Å². The van der Waals surface area contributed by atoms with E-state index >= 15 is 0 Å². The molecule has 0 heterocycles. The minimum Gasteiger partial charge on any atom is -0.347 e. The van der Waals surface area contributed by atoms with Crippen molar-refractivity contribution in [3.63, 3.8) is 0 Å². The van der Waals surface area contributed by atoms with Gasteiger partial charge >= 0.3 is 18.0 Å². The molecule has 0 fully saturated rings. The van der Waals surface area contributed by atoms with Crippen molar-refractivity contribution in [2.45, 2.75) is 12.6 Å². The third-order valence-corrected chi connectivity index (χ3v) is 3.39. The van der Waals surface area contributed by atoms with E-state index in [1.54, 1.807) is 0 Å². The Balaban J connectivity index is 1.84. The van der Waals surface area contributed by atoms with Gasteiger partial charge in [0.2, 0.25) is 0 Å². The van der Waals surface area contributed by atoms with Crippen LogP contribution in [0.2, 0.25) is 0 Å². The van der Waals surface area contributed by atoms with Crippen LogP contribution in [0.15, 0.2) is 42.5 Å². The third-order valence-electron chi connectivity index (χ3n) is 3.39. The van der Waals surface area contributed by atoms with Gasteiger partial charge in [0.05, 0.1) is 11.3 Å². The van der Waals surface area contributed by atoms with Crippen LogP contribution >= 0.6 is 0 Å². The van der Waals surface area contributed by atoms with Crippen LogP contribution in [0.25, 0.3) is 0 Å². The zero-order valence-electron chi connectivity index (χ0n) is 13.2. The fourth-order valence-electron chi connectivity index (χ4n) is 2.04. The summed E-state index contributed by atoms with van der Waals surface area (Å²) in [6.45, 7) is -0.0246. The number of nitrogens with one attached hydrogen (secondary N) is 2. The summed E-state index contributed by atoms with van der Waals surface area (Å²) in [6, 6.07) is 7.46. The Morgan fingerprint density at radius 2 is 1.58 bits per heavy atom. The van der Waals surface area contributed by atoms with Gasteiger partial charge in [-0.05, 0) is 36.2 Å². The number of carbonyl (C=O) groups is 2. The number of amides is 2. The van der Waals surface area contributed by atoms with Gasteiger partial charge in [-0.25, -0.2) is 8.78 Å². The van der Waals surface area contributed by atoms with Crippen LogP contribution in [0.5, 0.6) is 0 Å². The summed E-state index contributed by atoms with van der Waals surface area (Å²) in [6.07, 6.45) is -4.25. The molecule has 2 N–H and O–H groups in total. The quantitative estimate of drug-likeness (QED) is 0.639. The molecule has 2 aromatic carbocycles. The second kappa shape index (κ2) is 7.94. The molecule has 0 bridgehead atoms. The molecule has 2 amide bonds. The van der Waals surface area contributed by atoms with Crippen molar-refractivity contribution in [2.75, 3.05) is 11.9 Å². The summed E-state index contributed by atoms with van der Waals surface area (Å²) in [5, 5.41) is 4.17. The predicted octanol–water partition coefficient (Wildman–Crippen LogP) is 3.28. The number of hydrogen-bond donors (Lipinski definition) is 2. The number of halogens is 5. The van der Waals surface area contributed by atoms with Crippen LogP contribution in [0, 0.1) is 11.6 Å². The largest absolute Gasteiger partial charge is 0.416 e. The molecule has 0 spiro atoms. The van der Waals surface area contributed by atoms with Gasteiger partial charge < -0.3 is 10.6 Å². The van der Waals surface area contributed by atoms with Crippen molar-refractivity contribution in [1.82, 2.24) is 5.32 Å². The van der Waals surface area contributed by atoms with Crippen LogP contribution < -0.4 is 10.6 Å². The van der Waals surface area contributed by atoms with E-state index < -0.39 is 40.9 Å². The molecule has 2 rings (SSSR count). The van der Waals surface area contributed by atoms with Gasteiger partial charge in [0.15, 0.2) is 11.6 Å². The summed E-state index contributed by atoms with van der Waals surface area (Å²) >= 11 is 0. The number of rotatable bonds is 4. The molecule has 0 aliphatic carbocycles. The lowest BCUT2D eigenvalue weighted by Gasteiger charge is -2.09. The summed E-state index contributed by atoms with van der Waals surface area (Å²) in [5.41, 5.74) is -0.746. The zero-order valence-corrected chi connectivity index (χ0v) is 13.2. The first-order valence-corrected chi connectivity index (χ1v) is 7.38. The number of carbonyl (C=O) groups excluding carboxylic acids is 2. The van der Waals surface area contributed by atoms with Gasteiger partial charge in [-0.15, -0.1) is 0 Å². The third kappa shape index (κ3) is 5.01. The number of benzene rings is 2. The maximum atomic E-state index is 13.4. The van der Waals surface area contributed by atoms with Crippen molar-refractivity contribution >= 4 is 17.5 Å². The first-order valence-electron chi connectivity index (χ1n) is 7.38. The number of alkyl halides is 3. The summed E-state index contributed by atoms with van der Waals surface area (Å²) in [4.78, 5) is 23.3.